The molecule has 0 atom stereocenters. The molecule has 142 valence electrons. The largest absolute Gasteiger partial charge is 0.369 e. The van der Waals surface area contributed by atoms with Crippen LogP contribution in [0.5, 0.6) is 0 Å². The quantitative estimate of drug-likeness (QED) is 0.640. The summed E-state index contributed by atoms with van der Waals surface area (Å²) in [7, 11) is 0. The fraction of sp³-hybridized carbons (Fsp3) is 0.286. The number of para-hydroxylation sites is 1. The van der Waals surface area contributed by atoms with E-state index >= 15 is 0 Å². The van der Waals surface area contributed by atoms with Crippen molar-refractivity contribution in [3.05, 3.63) is 48.5 Å². The van der Waals surface area contributed by atoms with Crippen molar-refractivity contribution in [2.45, 2.75) is 37.8 Å². The van der Waals surface area contributed by atoms with E-state index in [9.17, 15) is 0 Å². The van der Waals surface area contributed by atoms with Gasteiger partial charge in [0.1, 0.15) is 17.0 Å². The van der Waals surface area contributed by atoms with Crippen molar-refractivity contribution in [3.63, 3.8) is 0 Å². The first-order valence-electron chi connectivity index (χ1n) is 9.70. The molecule has 1 spiro atoms. The van der Waals surface area contributed by atoms with E-state index in [0.29, 0.717) is 5.96 Å². The number of fused-ring (bicyclic) bond motifs is 1. The minimum absolute atomic E-state index is 0.259. The Hall–Kier alpha value is -3.35. The summed E-state index contributed by atoms with van der Waals surface area (Å²) in [6.45, 7) is 0. The molecule has 1 aliphatic carbocycles. The van der Waals surface area contributed by atoms with Gasteiger partial charge in [-0.3, -0.25) is 4.90 Å². The third-order valence-corrected chi connectivity index (χ3v) is 5.63. The fourth-order valence-corrected chi connectivity index (χ4v) is 4.40. The molecule has 2 aromatic carbocycles. The van der Waals surface area contributed by atoms with Crippen molar-refractivity contribution >= 4 is 28.6 Å². The smallest absolute Gasteiger partial charge is 0.220 e. The molecule has 0 bridgehead atoms. The SMILES string of the molecule is NC1=NC2(CCCCC2)N(c2cccc3[nH]c(-c4ccccc4)nc23)C(N)=N1. The molecule has 7 heteroatoms. The third kappa shape index (κ3) is 2.62. The maximum Gasteiger partial charge on any atom is 0.220 e. The number of benzene rings is 2. The molecule has 0 amide bonds. The lowest BCUT2D eigenvalue weighted by Gasteiger charge is -2.45. The number of hydrogen-bond donors (Lipinski definition) is 3. The summed E-state index contributed by atoms with van der Waals surface area (Å²) in [5, 5.41) is 0. The molecule has 2 heterocycles. The summed E-state index contributed by atoms with van der Waals surface area (Å²) in [5.74, 6) is 1.47. The van der Waals surface area contributed by atoms with Gasteiger partial charge in [0.2, 0.25) is 11.9 Å². The van der Waals surface area contributed by atoms with E-state index in [0.717, 1.165) is 53.8 Å². The minimum atomic E-state index is -0.478. The maximum absolute atomic E-state index is 6.39. The number of aliphatic imine (C=N–C) groups is 2. The number of hydrogen-bond acceptors (Lipinski definition) is 6. The van der Waals surface area contributed by atoms with Crippen molar-refractivity contribution in [1.82, 2.24) is 9.97 Å². The molecular weight excluding hydrogens is 350 g/mol. The fourth-order valence-electron chi connectivity index (χ4n) is 4.40. The number of nitrogens with one attached hydrogen (secondary N) is 1. The lowest BCUT2D eigenvalue weighted by Crippen LogP contribution is -2.58. The molecule has 2 aliphatic rings. The normalized spacial score (nSPS) is 18.9. The Morgan fingerprint density at radius 2 is 1.71 bits per heavy atom. The highest BCUT2D eigenvalue weighted by Crippen LogP contribution is 2.41. The Morgan fingerprint density at radius 3 is 2.50 bits per heavy atom. The Bertz CT molecular complexity index is 1070. The van der Waals surface area contributed by atoms with E-state index in [1.54, 1.807) is 0 Å². The zero-order valence-electron chi connectivity index (χ0n) is 15.6. The van der Waals surface area contributed by atoms with Crippen LogP contribution in [-0.4, -0.2) is 27.5 Å². The van der Waals surface area contributed by atoms with Gasteiger partial charge < -0.3 is 16.5 Å². The average molecular weight is 373 g/mol. The van der Waals surface area contributed by atoms with Gasteiger partial charge in [-0.2, -0.15) is 4.99 Å². The van der Waals surface area contributed by atoms with Gasteiger partial charge >= 0.3 is 0 Å². The monoisotopic (exact) mass is 373 g/mol. The number of aromatic nitrogens is 2. The molecule has 7 nitrogen and oxygen atoms in total. The molecule has 0 saturated heterocycles. The molecule has 1 aromatic heterocycles. The first-order chi connectivity index (χ1) is 13.7. The third-order valence-electron chi connectivity index (χ3n) is 5.63. The molecule has 1 aliphatic heterocycles. The summed E-state index contributed by atoms with van der Waals surface area (Å²) in [6.07, 6.45) is 5.18. The summed E-state index contributed by atoms with van der Waals surface area (Å²) < 4.78 is 0. The number of nitrogens with two attached hydrogens (primary N) is 2. The molecule has 28 heavy (non-hydrogen) atoms. The summed E-state index contributed by atoms with van der Waals surface area (Å²) in [4.78, 5) is 19.4. The van der Waals surface area contributed by atoms with Gasteiger partial charge in [-0.25, -0.2) is 9.98 Å². The van der Waals surface area contributed by atoms with E-state index in [1.165, 1.54) is 6.42 Å². The number of rotatable bonds is 2. The highest BCUT2D eigenvalue weighted by molar-refractivity contribution is 6.09. The molecule has 5 rings (SSSR count). The van der Waals surface area contributed by atoms with Crippen LogP contribution >= 0.6 is 0 Å². The van der Waals surface area contributed by atoms with Crippen molar-refractivity contribution in [2.75, 3.05) is 4.90 Å². The van der Waals surface area contributed by atoms with Gasteiger partial charge in [-0.05, 0) is 37.8 Å². The second-order valence-corrected chi connectivity index (χ2v) is 7.44. The predicted octanol–water partition coefficient (Wildman–Crippen LogP) is 3.34. The van der Waals surface area contributed by atoms with Gasteiger partial charge in [-0.1, -0.05) is 42.8 Å². The first-order valence-corrected chi connectivity index (χ1v) is 9.70. The Balaban J connectivity index is 1.67. The predicted molar refractivity (Wildman–Crippen MR) is 113 cm³/mol. The highest BCUT2D eigenvalue weighted by Gasteiger charge is 2.43. The van der Waals surface area contributed by atoms with Gasteiger partial charge in [0.15, 0.2) is 0 Å². The van der Waals surface area contributed by atoms with E-state index < -0.39 is 5.66 Å². The van der Waals surface area contributed by atoms with E-state index in [4.69, 9.17) is 21.4 Å². The van der Waals surface area contributed by atoms with Crippen LogP contribution in [0.25, 0.3) is 22.4 Å². The van der Waals surface area contributed by atoms with Crippen molar-refractivity contribution < 1.29 is 0 Å². The van der Waals surface area contributed by atoms with Crippen LogP contribution in [0.3, 0.4) is 0 Å². The number of H-pyrrole nitrogens is 1. The highest BCUT2D eigenvalue weighted by atomic mass is 15.4. The van der Waals surface area contributed by atoms with Crippen LogP contribution in [0.2, 0.25) is 0 Å². The van der Waals surface area contributed by atoms with Gasteiger partial charge in [0, 0.05) is 5.56 Å². The topological polar surface area (TPSA) is 109 Å². The van der Waals surface area contributed by atoms with Crippen LogP contribution in [0.4, 0.5) is 5.69 Å². The number of nitrogens with zero attached hydrogens (tertiary/aromatic N) is 4. The zero-order valence-corrected chi connectivity index (χ0v) is 15.6. The van der Waals surface area contributed by atoms with E-state index in [2.05, 4.69) is 9.98 Å². The number of guanidine groups is 2. The minimum Gasteiger partial charge on any atom is -0.369 e. The number of imidazole rings is 1. The Labute approximate surface area is 163 Å². The van der Waals surface area contributed by atoms with Crippen LogP contribution in [-0.2, 0) is 0 Å². The van der Waals surface area contributed by atoms with Crippen molar-refractivity contribution in [3.8, 4) is 11.4 Å². The van der Waals surface area contributed by atoms with E-state index in [-0.39, 0.29) is 5.96 Å². The molecule has 0 unspecified atom stereocenters. The first kappa shape index (κ1) is 16.8. The van der Waals surface area contributed by atoms with Crippen molar-refractivity contribution in [2.24, 2.45) is 21.5 Å². The lowest BCUT2D eigenvalue weighted by atomic mass is 9.87. The van der Waals surface area contributed by atoms with Crippen LogP contribution in [0.15, 0.2) is 58.5 Å². The molecule has 1 fully saturated rings. The maximum atomic E-state index is 6.39. The standard InChI is InChI=1S/C21H23N7/c22-19-26-20(23)28(21(27-19)12-5-2-6-13-21)16-11-7-10-15-17(16)25-18(24-15)14-8-3-1-4-9-14/h1,3-4,7-11H,2,5-6,12-13H2,(H,24,25)(H4,22,23,26,27). The Morgan fingerprint density at radius 1 is 0.929 bits per heavy atom. The lowest BCUT2D eigenvalue weighted by molar-refractivity contribution is 0.306. The van der Waals surface area contributed by atoms with Gasteiger partial charge in [0.25, 0.3) is 0 Å². The zero-order chi connectivity index (χ0) is 19.1. The summed E-state index contributed by atoms with van der Waals surface area (Å²) >= 11 is 0. The van der Waals surface area contributed by atoms with Crippen LogP contribution < -0.4 is 16.4 Å². The molecule has 5 N–H and O–H groups in total. The Kier molecular flexibility index (Phi) is 3.82. The molecular formula is C21H23N7. The second-order valence-electron chi connectivity index (χ2n) is 7.44. The van der Waals surface area contributed by atoms with Gasteiger partial charge in [-0.15, -0.1) is 0 Å². The molecule has 1 saturated carbocycles. The van der Waals surface area contributed by atoms with Crippen molar-refractivity contribution in [1.29, 1.82) is 0 Å². The molecule has 0 radical (unpaired) electrons. The number of aromatic amines is 1. The van der Waals surface area contributed by atoms with Crippen LogP contribution in [0, 0.1) is 0 Å². The average Bonchev–Trinajstić information content (AvgIpc) is 3.14. The summed E-state index contributed by atoms with van der Waals surface area (Å²) in [5.41, 5.74) is 15.7. The number of anilines is 1. The van der Waals surface area contributed by atoms with Crippen LogP contribution in [0.1, 0.15) is 32.1 Å². The van der Waals surface area contributed by atoms with Gasteiger partial charge in [0.05, 0.1) is 11.2 Å². The second kappa shape index (κ2) is 6.37. The summed E-state index contributed by atoms with van der Waals surface area (Å²) in [6, 6.07) is 16.2. The van der Waals surface area contributed by atoms with E-state index in [1.807, 2.05) is 53.4 Å². The molecule has 3 aromatic rings.